The van der Waals surface area contributed by atoms with Crippen LogP contribution in [0.4, 0.5) is 25.9 Å². The fourth-order valence-corrected chi connectivity index (χ4v) is 6.72. The standard InChI is InChI=1S/C40H56N6O7/c1-38(2,3)51-35(48)44-19-16-26(17-20-44)25-45(36(49)52-39(4,5)6)29-14-11-13-27(21-29)34(47)42-33-23-31-28(24-41-33)22-32(30-15-12-18-43(30)10)46(31)37(50)53-40(7,8)9/h11,13-14,21-24,26,30H,12,15-20,25H2,1-10H3,(H,41,42,47)/t30-/m1/s1. The number of amides is 3. The van der Waals surface area contributed by atoms with Crippen molar-refractivity contribution < 1.29 is 33.4 Å². The molecule has 0 radical (unpaired) electrons. The lowest BCUT2D eigenvalue weighted by atomic mass is 9.96. The minimum Gasteiger partial charge on any atom is -0.444 e. The summed E-state index contributed by atoms with van der Waals surface area (Å²) in [5.74, 6) is -0.0766. The van der Waals surface area contributed by atoms with E-state index in [1.165, 1.54) is 0 Å². The predicted octanol–water partition coefficient (Wildman–Crippen LogP) is 8.23. The SMILES string of the molecule is CN1CCC[C@@H]1c1cc2cnc(NC(=O)c3cccc(N(CC4CCN(C(=O)OC(C)(C)C)CC4)C(=O)OC(C)(C)C)c3)cc2n1C(=O)OC(C)(C)C. The highest BCUT2D eigenvalue weighted by atomic mass is 16.6. The van der Waals surface area contributed by atoms with Crippen molar-refractivity contribution in [2.45, 2.75) is 111 Å². The summed E-state index contributed by atoms with van der Waals surface area (Å²) < 4.78 is 18.8. The summed E-state index contributed by atoms with van der Waals surface area (Å²) >= 11 is 0. The van der Waals surface area contributed by atoms with Gasteiger partial charge in [-0.2, -0.15) is 0 Å². The van der Waals surface area contributed by atoms with Crippen molar-refractivity contribution in [3.63, 3.8) is 0 Å². The van der Waals surface area contributed by atoms with E-state index in [2.05, 4.69) is 15.2 Å². The Morgan fingerprint density at radius 3 is 2.08 bits per heavy atom. The molecule has 0 unspecified atom stereocenters. The minimum absolute atomic E-state index is 0.0427. The molecule has 53 heavy (non-hydrogen) atoms. The van der Waals surface area contributed by atoms with Crippen molar-refractivity contribution in [2.24, 2.45) is 5.92 Å². The maximum absolute atomic E-state index is 13.7. The van der Waals surface area contributed by atoms with Crippen LogP contribution in [0.2, 0.25) is 0 Å². The molecule has 2 aliphatic heterocycles. The topological polar surface area (TPSA) is 136 Å². The molecule has 1 N–H and O–H groups in total. The molecule has 1 aromatic carbocycles. The third-order valence-electron chi connectivity index (χ3n) is 9.13. The number of hydrogen-bond donors (Lipinski definition) is 1. The zero-order valence-corrected chi connectivity index (χ0v) is 32.9. The highest BCUT2D eigenvalue weighted by Gasteiger charge is 2.33. The maximum atomic E-state index is 13.7. The van der Waals surface area contributed by atoms with Gasteiger partial charge in [-0.1, -0.05) is 6.07 Å². The van der Waals surface area contributed by atoms with E-state index in [9.17, 15) is 19.2 Å². The molecule has 2 fully saturated rings. The highest BCUT2D eigenvalue weighted by Crippen LogP contribution is 2.35. The number of rotatable bonds is 6. The van der Waals surface area contributed by atoms with Gasteiger partial charge in [-0.05, 0) is 132 Å². The van der Waals surface area contributed by atoms with Gasteiger partial charge in [0.1, 0.15) is 22.6 Å². The molecule has 0 saturated carbocycles. The molecule has 13 nitrogen and oxygen atoms in total. The van der Waals surface area contributed by atoms with Crippen LogP contribution >= 0.6 is 0 Å². The van der Waals surface area contributed by atoms with Gasteiger partial charge < -0.3 is 24.4 Å². The second-order valence-corrected chi connectivity index (χ2v) is 17.2. The van der Waals surface area contributed by atoms with Crippen molar-refractivity contribution in [1.29, 1.82) is 0 Å². The molecule has 4 heterocycles. The Labute approximate surface area is 312 Å². The van der Waals surface area contributed by atoms with E-state index in [4.69, 9.17) is 14.2 Å². The van der Waals surface area contributed by atoms with Crippen LogP contribution in [0, 0.1) is 5.92 Å². The number of anilines is 2. The van der Waals surface area contributed by atoms with Crippen LogP contribution in [0.1, 0.15) is 110 Å². The molecule has 3 amide bonds. The molecule has 5 rings (SSSR count). The van der Waals surface area contributed by atoms with Crippen molar-refractivity contribution >= 4 is 46.6 Å². The van der Waals surface area contributed by atoms with E-state index < -0.39 is 34.9 Å². The Bertz CT molecular complexity index is 1830. The van der Waals surface area contributed by atoms with Gasteiger partial charge in [-0.25, -0.2) is 23.9 Å². The number of carbonyl (C=O) groups excluding carboxylic acids is 4. The summed E-state index contributed by atoms with van der Waals surface area (Å²) in [6, 6.07) is 10.5. The number of ether oxygens (including phenoxy) is 3. The van der Waals surface area contributed by atoms with Crippen LogP contribution in [0.25, 0.3) is 10.9 Å². The van der Waals surface area contributed by atoms with E-state index in [-0.39, 0.29) is 23.9 Å². The first-order valence-corrected chi connectivity index (χ1v) is 18.5. The Kier molecular flexibility index (Phi) is 11.5. The fourth-order valence-electron chi connectivity index (χ4n) is 6.72. The number of benzene rings is 1. The van der Waals surface area contributed by atoms with Crippen molar-refractivity contribution in [2.75, 3.05) is 43.4 Å². The van der Waals surface area contributed by atoms with Crippen LogP contribution in [0.15, 0.2) is 42.6 Å². The Balaban J connectivity index is 1.37. The van der Waals surface area contributed by atoms with E-state index >= 15 is 0 Å². The number of carbonyl (C=O) groups is 4. The van der Waals surface area contributed by atoms with Crippen LogP contribution in [0.5, 0.6) is 0 Å². The van der Waals surface area contributed by atoms with Crippen LogP contribution < -0.4 is 10.2 Å². The normalized spacial score (nSPS) is 17.5. The number of piperidine rings is 1. The third-order valence-corrected chi connectivity index (χ3v) is 9.13. The summed E-state index contributed by atoms with van der Waals surface area (Å²) in [4.78, 5) is 63.6. The zero-order valence-electron chi connectivity index (χ0n) is 32.9. The summed E-state index contributed by atoms with van der Waals surface area (Å²) in [6.07, 6.45) is 3.59. The first-order chi connectivity index (χ1) is 24.7. The average molecular weight is 733 g/mol. The van der Waals surface area contributed by atoms with E-state index in [0.29, 0.717) is 49.2 Å². The van der Waals surface area contributed by atoms with Gasteiger partial charge in [-0.3, -0.25) is 14.6 Å². The van der Waals surface area contributed by atoms with Gasteiger partial charge in [0.2, 0.25) is 0 Å². The molecule has 0 spiro atoms. The first-order valence-electron chi connectivity index (χ1n) is 18.5. The highest BCUT2D eigenvalue weighted by molar-refractivity contribution is 6.05. The molecule has 1 atom stereocenters. The maximum Gasteiger partial charge on any atom is 0.419 e. The molecule has 2 aliphatic rings. The van der Waals surface area contributed by atoms with Crippen molar-refractivity contribution in [3.8, 4) is 0 Å². The minimum atomic E-state index is -0.737. The monoisotopic (exact) mass is 732 g/mol. The second-order valence-electron chi connectivity index (χ2n) is 17.2. The zero-order chi connectivity index (χ0) is 38.9. The number of aromatic nitrogens is 2. The number of hydrogen-bond acceptors (Lipinski definition) is 9. The molecule has 0 bridgehead atoms. The van der Waals surface area contributed by atoms with Crippen LogP contribution in [0.3, 0.4) is 0 Å². The largest absolute Gasteiger partial charge is 0.444 e. The molecular formula is C40H56N6O7. The molecule has 13 heteroatoms. The second kappa shape index (κ2) is 15.4. The number of likely N-dealkylation sites (tertiary alicyclic amines) is 2. The van der Waals surface area contributed by atoms with Crippen molar-refractivity contribution in [1.82, 2.24) is 19.4 Å². The van der Waals surface area contributed by atoms with Gasteiger partial charge >= 0.3 is 18.3 Å². The summed E-state index contributed by atoms with van der Waals surface area (Å²) in [5.41, 5.74) is 0.211. The average Bonchev–Trinajstić information content (AvgIpc) is 3.64. The smallest absolute Gasteiger partial charge is 0.419 e. The summed E-state index contributed by atoms with van der Waals surface area (Å²) in [5, 5.41) is 3.65. The molecular weight excluding hydrogens is 676 g/mol. The van der Waals surface area contributed by atoms with E-state index in [0.717, 1.165) is 30.5 Å². The van der Waals surface area contributed by atoms with Crippen molar-refractivity contribution in [3.05, 3.63) is 53.9 Å². The van der Waals surface area contributed by atoms with Gasteiger partial charge in [0.25, 0.3) is 5.91 Å². The van der Waals surface area contributed by atoms with Gasteiger partial charge in [0.05, 0.1) is 11.6 Å². The summed E-state index contributed by atoms with van der Waals surface area (Å²) in [7, 11) is 2.05. The Morgan fingerprint density at radius 2 is 1.47 bits per heavy atom. The molecule has 288 valence electrons. The lowest BCUT2D eigenvalue weighted by molar-refractivity contribution is 0.0181. The lowest BCUT2D eigenvalue weighted by Crippen LogP contribution is -2.45. The number of fused-ring (bicyclic) bond motifs is 1. The quantitative estimate of drug-likeness (QED) is 0.249. The Morgan fingerprint density at radius 1 is 0.830 bits per heavy atom. The lowest BCUT2D eigenvalue weighted by Gasteiger charge is -2.36. The number of pyridine rings is 1. The Hall–Kier alpha value is -4.65. The van der Waals surface area contributed by atoms with Crippen LogP contribution in [-0.4, -0.2) is 93.6 Å². The first kappa shape index (κ1) is 39.6. The molecule has 0 aliphatic carbocycles. The molecule has 3 aromatic rings. The predicted molar refractivity (Wildman–Crippen MR) is 204 cm³/mol. The third kappa shape index (κ3) is 10.3. The fraction of sp³-hybridized carbons (Fsp3) is 0.575. The van der Waals surface area contributed by atoms with Gasteiger partial charge in [-0.15, -0.1) is 0 Å². The molecule has 2 aromatic heterocycles. The van der Waals surface area contributed by atoms with Crippen LogP contribution in [-0.2, 0) is 14.2 Å². The van der Waals surface area contributed by atoms with Gasteiger partial charge in [0, 0.05) is 54.2 Å². The summed E-state index contributed by atoms with van der Waals surface area (Å²) in [6.45, 7) is 18.8. The number of nitrogens with zero attached hydrogens (tertiary/aromatic N) is 5. The molecule has 2 saturated heterocycles. The van der Waals surface area contributed by atoms with E-state index in [1.807, 2.05) is 75.4 Å². The number of nitrogens with one attached hydrogen (secondary N) is 1. The van der Waals surface area contributed by atoms with Gasteiger partial charge in [0.15, 0.2) is 0 Å². The van der Waals surface area contributed by atoms with E-state index in [1.54, 1.807) is 50.9 Å².